The highest BCUT2D eigenvalue weighted by atomic mass is 19.1. The van der Waals surface area contributed by atoms with E-state index in [1.54, 1.807) is 18.2 Å². The summed E-state index contributed by atoms with van der Waals surface area (Å²) in [5, 5.41) is 6.72. The molecule has 1 aliphatic carbocycles. The number of aromatic nitrogens is 2. The lowest BCUT2D eigenvalue weighted by molar-refractivity contribution is -0.125. The van der Waals surface area contributed by atoms with Crippen molar-refractivity contribution >= 4 is 5.91 Å². The molecule has 0 atom stereocenters. The molecule has 0 spiro atoms. The second-order valence-corrected chi connectivity index (χ2v) is 5.87. The SMILES string of the molecule is O=C(NCCc1nc(-c2ccccc2F)no1)C1CCCCC1. The van der Waals surface area contributed by atoms with E-state index in [0.717, 1.165) is 25.7 Å². The van der Waals surface area contributed by atoms with E-state index in [9.17, 15) is 9.18 Å². The quantitative estimate of drug-likeness (QED) is 0.920. The van der Waals surface area contributed by atoms with Crippen molar-refractivity contribution in [2.75, 3.05) is 6.54 Å². The Labute approximate surface area is 134 Å². The van der Waals surface area contributed by atoms with E-state index in [-0.39, 0.29) is 23.5 Å². The average Bonchev–Trinajstić information content (AvgIpc) is 3.04. The van der Waals surface area contributed by atoms with Crippen LogP contribution in [0.4, 0.5) is 4.39 Å². The predicted octanol–water partition coefficient (Wildman–Crippen LogP) is 3.11. The molecule has 1 aliphatic rings. The number of carbonyl (C=O) groups excluding carboxylic acids is 1. The van der Waals surface area contributed by atoms with Gasteiger partial charge in [-0.3, -0.25) is 4.79 Å². The van der Waals surface area contributed by atoms with Crippen LogP contribution < -0.4 is 5.32 Å². The Morgan fingerprint density at radius 1 is 1.26 bits per heavy atom. The van der Waals surface area contributed by atoms with Gasteiger partial charge in [0.15, 0.2) is 0 Å². The highest BCUT2D eigenvalue weighted by molar-refractivity contribution is 5.78. The molecule has 0 radical (unpaired) electrons. The minimum Gasteiger partial charge on any atom is -0.355 e. The van der Waals surface area contributed by atoms with Crippen molar-refractivity contribution in [1.29, 1.82) is 0 Å². The van der Waals surface area contributed by atoms with Crippen LogP contribution in [0.2, 0.25) is 0 Å². The van der Waals surface area contributed by atoms with E-state index in [0.29, 0.717) is 24.4 Å². The minimum atomic E-state index is -0.384. The Balaban J connectivity index is 1.51. The third-order valence-corrected chi connectivity index (χ3v) is 4.20. The summed E-state index contributed by atoms with van der Waals surface area (Å²) in [5.41, 5.74) is 0.314. The highest BCUT2D eigenvalue weighted by Crippen LogP contribution is 2.23. The number of hydrogen-bond donors (Lipinski definition) is 1. The number of hydrogen-bond acceptors (Lipinski definition) is 4. The molecule has 5 nitrogen and oxygen atoms in total. The van der Waals surface area contributed by atoms with Crippen molar-refractivity contribution in [1.82, 2.24) is 15.5 Å². The Kier molecular flexibility index (Phi) is 5.00. The van der Waals surface area contributed by atoms with Gasteiger partial charge >= 0.3 is 0 Å². The maximum Gasteiger partial charge on any atom is 0.228 e. The summed E-state index contributed by atoms with van der Waals surface area (Å²) < 4.78 is 18.8. The summed E-state index contributed by atoms with van der Waals surface area (Å²) in [6.45, 7) is 0.453. The van der Waals surface area contributed by atoms with E-state index in [1.807, 2.05) is 0 Å². The molecule has 0 bridgehead atoms. The first-order chi connectivity index (χ1) is 11.2. The second kappa shape index (κ2) is 7.35. The van der Waals surface area contributed by atoms with Gasteiger partial charge in [0.1, 0.15) is 5.82 Å². The molecule has 1 fully saturated rings. The Morgan fingerprint density at radius 2 is 2.04 bits per heavy atom. The molecule has 122 valence electrons. The van der Waals surface area contributed by atoms with Crippen LogP contribution in [-0.4, -0.2) is 22.6 Å². The van der Waals surface area contributed by atoms with Crippen LogP contribution in [0.25, 0.3) is 11.4 Å². The zero-order chi connectivity index (χ0) is 16.1. The molecular formula is C17H20FN3O2. The standard InChI is InChI=1S/C17H20FN3O2/c18-14-9-5-4-8-13(14)16-20-15(23-21-16)10-11-19-17(22)12-6-2-1-3-7-12/h4-5,8-9,12H,1-3,6-7,10-11H2,(H,19,22). The van der Waals surface area contributed by atoms with E-state index in [1.165, 1.54) is 12.5 Å². The normalized spacial score (nSPS) is 15.5. The highest BCUT2D eigenvalue weighted by Gasteiger charge is 2.20. The fourth-order valence-corrected chi connectivity index (χ4v) is 2.91. The van der Waals surface area contributed by atoms with Gasteiger partial charge < -0.3 is 9.84 Å². The molecule has 1 heterocycles. The molecule has 1 N–H and O–H groups in total. The van der Waals surface area contributed by atoms with E-state index >= 15 is 0 Å². The van der Waals surface area contributed by atoms with Crippen LogP contribution in [-0.2, 0) is 11.2 Å². The first-order valence-corrected chi connectivity index (χ1v) is 8.09. The number of amides is 1. The second-order valence-electron chi connectivity index (χ2n) is 5.87. The van der Waals surface area contributed by atoms with Gasteiger partial charge in [-0.2, -0.15) is 4.98 Å². The molecule has 3 rings (SSSR count). The molecule has 0 aliphatic heterocycles. The fraction of sp³-hybridized carbons (Fsp3) is 0.471. The molecule has 1 amide bonds. The maximum absolute atomic E-state index is 13.7. The first-order valence-electron chi connectivity index (χ1n) is 8.09. The predicted molar refractivity (Wildman–Crippen MR) is 83.0 cm³/mol. The topological polar surface area (TPSA) is 68.0 Å². The Bertz CT molecular complexity index is 665. The Morgan fingerprint density at radius 3 is 2.83 bits per heavy atom. The van der Waals surface area contributed by atoms with Crippen molar-refractivity contribution in [3.05, 3.63) is 36.0 Å². The number of halogens is 1. The molecule has 0 unspecified atom stereocenters. The van der Waals surface area contributed by atoms with Crippen LogP contribution in [0.3, 0.4) is 0 Å². The molecular weight excluding hydrogens is 297 g/mol. The van der Waals surface area contributed by atoms with Gasteiger partial charge in [-0.1, -0.05) is 36.6 Å². The lowest BCUT2D eigenvalue weighted by Crippen LogP contribution is -2.33. The lowest BCUT2D eigenvalue weighted by atomic mass is 9.89. The largest absolute Gasteiger partial charge is 0.355 e. The van der Waals surface area contributed by atoms with Gasteiger partial charge in [0.2, 0.25) is 17.6 Å². The Hall–Kier alpha value is -2.24. The van der Waals surface area contributed by atoms with Gasteiger partial charge in [0.25, 0.3) is 0 Å². The summed E-state index contributed by atoms with van der Waals surface area (Å²) in [6.07, 6.45) is 5.89. The maximum atomic E-state index is 13.7. The molecule has 2 aromatic rings. The van der Waals surface area contributed by atoms with Gasteiger partial charge in [0.05, 0.1) is 5.56 Å². The van der Waals surface area contributed by atoms with Crippen LogP contribution in [0, 0.1) is 11.7 Å². The van der Waals surface area contributed by atoms with E-state index in [4.69, 9.17) is 4.52 Å². The molecule has 6 heteroatoms. The number of rotatable bonds is 5. The van der Waals surface area contributed by atoms with Crippen molar-refractivity contribution in [2.24, 2.45) is 5.92 Å². The minimum absolute atomic E-state index is 0.110. The van der Waals surface area contributed by atoms with E-state index in [2.05, 4.69) is 15.5 Å². The molecule has 1 saturated carbocycles. The van der Waals surface area contributed by atoms with Crippen LogP contribution >= 0.6 is 0 Å². The molecule has 1 aromatic carbocycles. The van der Waals surface area contributed by atoms with Crippen molar-refractivity contribution in [3.63, 3.8) is 0 Å². The summed E-state index contributed by atoms with van der Waals surface area (Å²) in [7, 11) is 0. The van der Waals surface area contributed by atoms with Gasteiger partial charge in [-0.25, -0.2) is 4.39 Å². The van der Waals surface area contributed by atoms with Gasteiger partial charge in [-0.15, -0.1) is 0 Å². The van der Waals surface area contributed by atoms with E-state index < -0.39 is 0 Å². The van der Waals surface area contributed by atoms with Gasteiger partial charge in [-0.05, 0) is 25.0 Å². The van der Waals surface area contributed by atoms with Crippen molar-refractivity contribution in [2.45, 2.75) is 38.5 Å². The number of nitrogens with one attached hydrogen (secondary N) is 1. The number of nitrogens with zero attached hydrogens (tertiary/aromatic N) is 2. The average molecular weight is 317 g/mol. The molecule has 23 heavy (non-hydrogen) atoms. The van der Waals surface area contributed by atoms with Crippen LogP contribution in [0.15, 0.2) is 28.8 Å². The lowest BCUT2D eigenvalue weighted by Gasteiger charge is -2.20. The summed E-state index contributed by atoms with van der Waals surface area (Å²) in [5.74, 6) is 0.494. The monoisotopic (exact) mass is 317 g/mol. The fourth-order valence-electron chi connectivity index (χ4n) is 2.91. The summed E-state index contributed by atoms with van der Waals surface area (Å²) >= 11 is 0. The molecule has 1 aromatic heterocycles. The number of benzene rings is 1. The van der Waals surface area contributed by atoms with Crippen LogP contribution in [0.1, 0.15) is 38.0 Å². The third kappa shape index (κ3) is 3.94. The molecule has 0 saturated heterocycles. The summed E-state index contributed by atoms with van der Waals surface area (Å²) in [6, 6.07) is 6.30. The zero-order valence-corrected chi connectivity index (χ0v) is 12.9. The number of carbonyl (C=O) groups is 1. The van der Waals surface area contributed by atoms with Crippen LogP contribution in [0.5, 0.6) is 0 Å². The summed E-state index contributed by atoms with van der Waals surface area (Å²) in [4.78, 5) is 16.2. The van der Waals surface area contributed by atoms with Gasteiger partial charge in [0, 0.05) is 18.9 Å². The van der Waals surface area contributed by atoms with Crippen molar-refractivity contribution in [3.8, 4) is 11.4 Å². The third-order valence-electron chi connectivity index (χ3n) is 4.20. The smallest absolute Gasteiger partial charge is 0.228 e. The first kappa shape index (κ1) is 15.6. The van der Waals surface area contributed by atoms with Crippen molar-refractivity contribution < 1.29 is 13.7 Å². The zero-order valence-electron chi connectivity index (χ0n) is 12.9.